The largest absolute Gasteiger partial charge is 0.457 e. The van der Waals surface area contributed by atoms with E-state index in [1.807, 2.05) is 0 Å². The van der Waals surface area contributed by atoms with Crippen molar-refractivity contribution in [1.29, 1.82) is 0 Å². The van der Waals surface area contributed by atoms with E-state index in [0.29, 0.717) is 29.3 Å². The minimum absolute atomic E-state index is 0.238. The SMILES string of the molecule is C=CC(=O)NCc1ccc(C(=O)Nc2cccc(Oc3ccnc(C(=O)NC)c3)c2)cc1. The Morgan fingerprint density at radius 1 is 1.00 bits per heavy atom. The molecule has 0 bridgehead atoms. The lowest BCUT2D eigenvalue weighted by atomic mass is 10.1. The van der Waals surface area contributed by atoms with Crippen LogP contribution in [0.4, 0.5) is 5.69 Å². The van der Waals surface area contributed by atoms with E-state index in [-0.39, 0.29) is 23.4 Å². The van der Waals surface area contributed by atoms with Crippen LogP contribution in [0.15, 0.2) is 79.5 Å². The Balaban J connectivity index is 1.64. The van der Waals surface area contributed by atoms with Gasteiger partial charge < -0.3 is 20.7 Å². The molecule has 0 fully saturated rings. The summed E-state index contributed by atoms with van der Waals surface area (Å²) in [5, 5.41) is 8.01. The fourth-order valence-electron chi connectivity index (χ4n) is 2.74. The Morgan fingerprint density at radius 3 is 2.47 bits per heavy atom. The molecule has 0 saturated carbocycles. The van der Waals surface area contributed by atoms with Crippen molar-refractivity contribution in [2.75, 3.05) is 12.4 Å². The van der Waals surface area contributed by atoms with Crippen molar-refractivity contribution in [3.63, 3.8) is 0 Å². The first-order chi connectivity index (χ1) is 15.5. The number of rotatable bonds is 8. The summed E-state index contributed by atoms with van der Waals surface area (Å²) in [7, 11) is 1.53. The normalized spacial score (nSPS) is 10.0. The number of pyridine rings is 1. The van der Waals surface area contributed by atoms with Crippen LogP contribution >= 0.6 is 0 Å². The maximum atomic E-state index is 12.6. The van der Waals surface area contributed by atoms with Gasteiger partial charge in [-0.25, -0.2) is 0 Å². The van der Waals surface area contributed by atoms with Gasteiger partial charge in [0.1, 0.15) is 17.2 Å². The fraction of sp³-hybridized carbons (Fsp3) is 0.0833. The molecule has 1 heterocycles. The Hall–Kier alpha value is -4.46. The first-order valence-corrected chi connectivity index (χ1v) is 9.75. The minimum atomic E-state index is -0.314. The number of nitrogens with one attached hydrogen (secondary N) is 3. The molecule has 0 aliphatic rings. The molecule has 0 atom stereocenters. The maximum absolute atomic E-state index is 12.6. The standard InChI is InChI=1S/C24H22N4O4/c1-3-22(29)27-15-16-7-9-17(10-8-16)23(30)28-18-5-4-6-19(13-18)32-20-11-12-26-21(14-20)24(31)25-2/h3-14H,1,15H2,2H3,(H,25,31)(H,27,29)(H,28,30). The third-order valence-electron chi connectivity index (χ3n) is 4.39. The van der Waals surface area contributed by atoms with Crippen LogP contribution in [0.5, 0.6) is 11.5 Å². The van der Waals surface area contributed by atoms with Gasteiger partial charge in [-0.2, -0.15) is 0 Å². The number of carbonyl (C=O) groups is 3. The highest BCUT2D eigenvalue weighted by Gasteiger charge is 2.09. The Morgan fingerprint density at radius 2 is 1.75 bits per heavy atom. The van der Waals surface area contributed by atoms with Crippen molar-refractivity contribution in [2.24, 2.45) is 0 Å². The molecule has 0 spiro atoms. The number of aromatic nitrogens is 1. The summed E-state index contributed by atoms with van der Waals surface area (Å²) in [4.78, 5) is 39.5. The zero-order valence-electron chi connectivity index (χ0n) is 17.4. The molecule has 1 aromatic heterocycles. The molecule has 0 radical (unpaired) electrons. The van der Waals surface area contributed by atoms with Gasteiger partial charge >= 0.3 is 0 Å². The van der Waals surface area contributed by atoms with E-state index in [2.05, 4.69) is 27.5 Å². The van der Waals surface area contributed by atoms with Crippen LogP contribution in [0.3, 0.4) is 0 Å². The maximum Gasteiger partial charge on any atom is 0.269 e. The van der Waals surface area contributed by atoms with Crippen LogP contribution in [0.1, 0.15) is 26.4 Å². The highest BCUT2D eigenvalue weighted by atomic mass is 16.5. The Bertz CT molecular complexity index is 1140. The smallest absolute Gasteiger partial charge is 0.269 e. The van der Waals surface area contributed by atoms with Crippen molar-refractivity contribution >= 4 is 23.4 Å². The number of benzene rings is 2. The molecular formula is C24H22N4O4. The lowest BCUT2D eigenvalue weighted by Gasteiger charge is -2.10. The van der Waals surface area contributed by atoms with Crippen molar-refractivity contribution < 1.29 is 19.1 Å². The summed E-state index contributed by atoms with van der Waals surface area (Å²) in [6.07, 6.45) is 2.69. The zero-order valence-corrected chi connectivity index (χ0v) is 17.4. The summed E-state index contributed by atoms with van der Waals surface area (Å²) in [6, 6.07) is 17.0. The van der Waals surface area contributed by atoms with Crippen molar-refractivity contribution in [3.8, 4) is 11.5 Å². The lowest BCUT2D eigenvalue weighted by Crippen LogP contribution is -2.20. The Kier molecular flexibility index (Phi) is 7.32. The van der Waals surface area contributed by atoms with E-state index in [4.69, 9.17) is 4.74 Å². The topological polar surface area (TPSA) is 109 Å². The molecule has 3 N–H and O–H groups in total. The van der Waals surface area contributed by atoms with Crippen molar-refractivity contribution in [3.05, 3.63) is 96.3 Å². The average molecular weight is 430 g/mol. The molecule has 0 aliphatic carbocycles. The van der Waals surface area contributed by atoms with E-state index in [0.717, 1.165) is 5.56 Å². The highest BCUT2D eigenvalue weighted by Crippen LogP contribution is 2.24. The molecule has 3 amide bonds. The number of ether oxygens (including phenoxy) is 1. The molecule has 8 nitrogen and oxygen atoms in total. The van der Waals surface area contributed by atoms with Gasteiger partial charge in [0.05, 0.1) is 0 Å². The van der Waals surface area contributed by atoms with Gasteiger partial charge in [0, 0.05) is 43.2 Å². The number of hydrogen-bond donors (Lipinski definition) is 3. The van der Waals surface area contributed by atoms with Crippen molar-refractivity contribution in [1.82, 2.24) is 15.6 Å². The van der Waals surface area contributed by atoms with Gasteiger partial charge in [-0.3, -0.25) is 19.4 Å². The minimum Gasteiger partial charge on any atom is -0.457 e. The lowest BCUT2D eigenvalue weighted by molar-refractivity contribution is -0.116. The molecular weight excluding hydrogens is 408 g/mol. The van der Waals surface area contributed by atoms with Crippen LogP contribution in [0.25, 0.3) is 0 Å². The quantitative estimate of drug-likeness (QED) is 0.475. The molecule has 8 heteroatoms. The fourth-order valence-corrected chi connectivity index (χ4v) is 2.74. The second-order valence-corrected chi connectivity index (χ2v) is 6.66. The Labute approximate surface area is 185 Å². The molecule has 2 aromatic carbocycles. The van der Waals surface area contributed by atoms with Gasteiger partial charge in [0.25, 0.3) is 11.8 Å². The first-order valence-electron chi connectivity index (χ1n) is 9.75. The molecule has 0 aliphatic heterocycles. The van der Waals surface area contributed by atoms with E-state index < -0.39 is 0 Å². The highest BCUT2D eigenvalue weighted by molar-refractivity contribution is 6.04. The summed E-state index contributed by atoms with van der Waals surface area (Å²) in [5.74, 6) is 0.0807. The van der Waals surface area contributed by atoms with Gasteiger partial charge in [-0.1, -0.05) is 24.8 Å². The second-order valence-electron chi connectivity index (χ2n) is 6.66. The van der Waals surface area contributed by atoms with Crippen LogP contribution in [0, 0.1) is 0 Å². The number of nitrogens with zero attached hydrogens (tertiary/aromatic N) is 1. The van der Waals surface area contributed by atoms with Gasteiger partial charge in [0.2, 0.25) is 5.91 Å². The summed E-state index contributed by atoms with van der Waals surface area (Å²) in [6.45, 7) is 3.75. The van der Waals surface area contributed by atoms with E-state index in [9.17, 15) is 14.4 Å². The van der Waals surface area contributed by atoms with Crippen LogP contribution in [-0.4, -0.2) is 29.8 Å². The third-order valence-corrected chi connectivity index (χ3v) is 4.39. The summed E-state index contributed by atoms with van der Waals surface area (Å²) in [5.41, 5.74) is 2.12. The molecule has 0 unspecified atom stereocenters. The van der Waals surface area contributed by atoms with Crippen LogP contribution in [0.2, 0.25) is 0 Å². The van der Waals surface area contributed by atoms with E-state index in [1.165, 1.54) is 25.4 Å². The van der Waals surface area contributed by atoms with Crippen LogP contribution < -0.4 is 20.7 Å². The molecule has 3 rings (SSSR count). The number of carbonyl (C=O) groups excluding carboxylic acids is 3. The predicted octanol–water partition coefficient (Wildman–Crippen LogP) is 3.29. The molecule has 3 aromatic rings. The number of hydrogen-bond acceptors (Lipinski definition) is 5. The van der Waals surface area contributed by atoms with Gasteiger partial charge in [-0.15, -0.1) is 0 Å². The zero-order chi connectivity index (χ0) is 22.9. The summed E-state index contributed by atoms with van der Waals surface area (Å²) < 4.78 is 5.80. The first kappa shape index (κ1) is 22.2. The number of anilines is 1. The van der Waals surface area contributed by atoms with Crippen molar-refractivity contribution in [2.45, 2.75) is 6.54 Å². The third kappa shape index (κ3) is 6.02. The predicted molar refractivity (Wildman–Crippen MR) is 121 cm³/mol. The van der Waals surface area contributed by atoms with E-state index >= 15 is 0 Å². The average Bonchev–Trinajstić information content (AvgIpc) is 2.82. The van der Waals surface area contributed by atoms with Crippen LogP contribution in [-0.2, 0) is 11.3 Å². The van der Waals surface area contributed by atoms with Gasteiger partial charge in [-0.05, 0) is 42.0 Å². The molecule has 0 saturated heterocycles. The summed E-state index contributed by atoms with van der Waals surface area (Å²) >= 11 is 0. The monoisotopic (exact) mass is 430 g/mol. The molecule has 162 valence electrons. The van der Waals surface area contributed by atoms with Gasteiger partial charge in [0.15, 0.2) is 0 Å². The molecule has 32 heavy (non-hydrogen) atoms. The van der Waals surface area contributed by atoms with E-state index in [1.54, 1.807) is 54.6 Å². The second kappa shape index (κ2) is 10.5. The number of amides is 3.